The van der Waals surface area contributed by atoms with E-state index in [1.165, 1.54) is 0 Å². The van der Waals surface area contributed by atoms with Crippen molar-refractivity contribution in [3.8, 4) is 0 Å². The van der Waals surface area contributed by atoms with Crippen LogP contribution in [0.15, 0.2) is 29.4 Å². The molecule has 2 heterocycles. The maximum atomic E-state index is 12.2. The van der Waals surface area contributed by atoms with E-state index in [0.717, 1.165) is 10.6 Å². The van der Waals surface area contributed by atoms with Gasteiger partial charge in [-0.25, -0.2) is 18.2 Å². The first kappa shape index (κ1) is 20.0. The zero-order valence-electron chi connectivity index (χ0n) is 15.4. The molecule has 0 bridgehead atoms. The number of sulfone groups is 1. The van der Waals surface area contributed by atoms with Crippen molar-refractivity contribution in [1.29, 1.82) is 0 Å². The van der Waals surface area contributed by atoms with Crippen LogP contribution >= 0.6 is 0 Å². The summed E-state index contributed by atoms with van der Waals surface area (Å²) in [5.74, 6) is -1.78. The highest BCUT2D eigenvalue weighted by molar-refractivity contribution is 7.91. The van der Waals surface area contributed by atoms with Crippen LogP contribution in [0.1, 0.15) is 24.8 Å². The summed E-state index contributed by atoms with van der Waals surface area (Å²) in [5.41, 5.74) is 1.64. The van der Waals surface area contributed by atoms with Crippen molar-refractivity contribution < 1.29 is 27.5 Å². The monoisotopic (exact) mass is 407 g/mol. The van der Waals surface area contributed by atoms with Crippen LogP contribution in [0.4, 0.5) is 5.69 Å². The van der Waals surface area contributed by atoms with Gasteiger partial charge in [0.1, 0.15) is 5.71 Å². The Kier molecular flexibility index (Phi) is 5.78. The maximum absolute atomic E-state index is 12.2. The number of hydrazone groups is 1. The van der Waals surface area contributed by atoms with Gasteiger partial charge in [0.05, 0.1) is 17.5 Å². The number of anilines is 1. The van der Waals surface area contributed by atoms with Crippen molar-refractivity contribution in [3.63, 3.8) is 0 Å². The lowest BCUT2D eigenvalue weighted by Gasteiger charge is -2.27. The lowest BCUT2D eigenvalue weighted by atomic mass is 10.1. The Morgan fingerprint density at radius 1 is 1.25 bits per heavy atom. The number of carbonyl (C=O) groups excluding carboxylic acids is 3. The first-order valence-corrected chi connectivity index (χ1v) is 10.7. The summed E-state index contributed by atoms with van der Waals surface area (Å²) in [6.45, 7) is 1.44. The van der Waals surface area contributed by atoms with E-state index < -0.39 is 34.4 Å². The fourth-order valence-electron chi connectivity index (χ4n) is 3.02. The molecule has 3 rings (SSSR count). The molecule has 1 aromatic rings. The van der Waals surface area contributed by atoms with E-state index in [-0.39, 0.29) is 36.0 Å². The van der Waals surface area contributed by atoms with Crippen molar-refractivity contribution in [2.75, 3.05) is 23.4 Å². The molecule has 1 fully saturated rings. The Hall–Kier alpha value is -2.75. The van der Waals surface area contributed by atoms with Crippen molar-refractivity contribution in [2.45, 2.75) is 32.2 Å². The SMILES string of the molecule is Cc1ccc(NC(=O)COC(=O)C2=NN(C3CCS(=O)(=O)C3)C(=O)CC2)cc1. The van der Waals surface area contributed by atoms with Crippen LogP contribution in [0, 0.1) is 6.92 Å². The van der Waals surface area contributed by atoms with E-state index in [0.29, 0.717) is 12.1 Å². The molecule has 1 saturated heterocycles. The van der Waals surface area contributed by atoms with Crippen molar-refractivity contribution in [3.05, 3.63) is 29.8 Å². The molecule has 0 aliphatic carbocycles. The maximum Gasteiger partial charge on any atom is 0.355 e. The number of nitrogens with zero attached hydrogens (tertiary/aromatic N) is 2. The molecule has 1 atom stereocenters. The van der Waals surface area contributed by atoms with Crippen LogP contribution in [0.25, 0.3) is 0 Å². The van der Waals surface area contributed by atoms with Crippen LogP contribution in [-0.4, -0.2) is 61.1 Å². The zero-order chi connectivity index (χ0) is 20.3. The van der Waals surface area contributed by atoms with Gasteiger partial charge in [-0.05, 0) is 25.5 Å². The highest BCUT2D eigenvalue weighted by atomic mass is 32.2. The number of esters is 1. The minimum Gasteiger partial charge on any atom is -0.451 e. The summed E-state index contributed by atoms with van der Waals surface area (Å²) >= 11 is 0. The molecular weight excluding hydrogens is 386 g/mol. The highest BCUT2D eigenvalue weighted by Crippen LogP contribution is 2.22. The van der Waals surface area contributed by atoms with Crippen molar-refractivity contribution >= 4 is 39.0 Å². The summed E-state index contributed by atoms with van der Waals surface area (Å²) in [4.78, 5) is 36.2. The Morgan fingerprint density at radius 2 is 1.96 bits per heavy atom. The topological polar surface area (TPSA) is 122 Å². The molecule has 9 nitrogen and oxygen atoms in total. The molecule has 1 unspecified atom stereocenters. The molecule has 0 saturated carbocycles. The van der Waals surface area contributed by atoms with Gasteiger partial charge in [0.25, 0.3) is 5.91 Å². The number of aryl methyl sites for hydroxylation is 1. The fraction of sp³-hybridized carbons (Fsp3) is 0.444. The zero-order valence-corrected chi connectivity index (χ0v) is 16.2. The van der Waals surface area contributed by atoms with Gasteiger partial charge >= 0.3 is 5.97 Å². The highest BCUT2D eigenvalue weighted by Gasteiger charge is 2.37. The second-order valence-corrected chi connectivity index (χ2v) is 9.06. The summed E-state index contributed by atoms with van der Waals surface area (Å²) < 4.78 is 28.2. The van der Waals surface area contributed by atoms with Crippen molar-refractivity contribution in [2.24, 2.45) is 5.10 Å². The third kappa shape index (κ3) is 4.94. The predicted octanol–water partition coefficient (Wildman–Crippen LogP) is 0.642. The fourth-order valence-corrected chi connectivity index (χ4v) is 4.71. The van der Waals surface area contributed by atoms with Crippen LogP contribution < -0.4 is 5.32 Å². The van der Waals surface area contributed by atoms with E-state index in [1.807, 2.05) is 19.1 Å². The van der Waals surface area contributed by atoms with Crippen LogP contribution in [0.5, 0.6) is 0 Å². The minimum atomic E-state index is -3.19. The van der Waals surface area contributed by atoms with E-state index in [9.17, 15) is 22.8 Å². The third-order valence-corrected chi connectivity index (χ3v) is 6.27. The standard InChI is InChI=1S/C18H21N3O6S/c1-12-2-4-13(5-3-12)19-16(22)10-27-18(24)15-6-7-17(23)21(20-15)14-8-9-28(25,26)11-14/h2-5,14H,6-11H2,1H3,(H,19,22). The summed E-state index contributed by atoms with van der Waals surface area (Å²) in [6, 6.07) is 6.59. The van der Waals surface area contributed by atoms with Crippen LogP contribution in [-0.2, 0) is 29.0 Å². The Labute approximate surface area is 162 Å². The first-order chi connectivity index (χ1) is 13.2. The average molecular weight is 407 g/mol. The van der Waals surface area contributed by atoms with Gasteiger partial charge in [-0.1, -0.05) is 17.7 Å². The number of ether oxygens (including phenoxy) is 1. The third-order valence-electron chi connectivity index (χ3n) is 4.52. The normalized spacial score (nSPS) is 21.2. The lowest BCUT2D eigenvalue weighted by Crippen LogP contribution is -2.42. The predicted molar refractivity (Wildman–Crippen MR) is 101 cm³/mol. The van der Waals surface area contributed by atoms with Gasteiger partial charge < -0.3 is 10.1 Å². The van der Waals surface area contributed by atoms with E-state index in [2.05, 4.69) is 10.4 Å². The van der Waals surface area contributed by atoms with Crippen LogP contribution in [0.2, 0.25) is 0 Å². The van der Waals surface area contributed by atoms with Gasteiger partial charge in [-0.15, -0.1) is 0 Å². The summed E-state index contributed by atoms with van der Waals surface area (Å²) in [6.07, 6.45) is 0.423. The number of hydrogen-bond donors (Lipinski definition) is 1. The number of carbonyl (C=O) groups is 3. The summed E-state index contributed by atoms with van der Waals surface area (Å²) in [5, 5.41) is 7.70. The van der Waals surface area contributed by atoms with Crippen LogP contribution in [0.3, 0.4) is 0 Å². The molecule has 10 heteroatoms. The lowest BCUT2D eigenvalue weighted by molar-refractivity contribution is -0.141. The van der Waals surface area contributed by atoms with Gasteiger partial charge in [0.2, 0.25) is 5.91 Å². The number of benzene rings is 1. The minimum absolute atomic E-state index is 0.00404. The Morgan fingerprint density at radius 3 is 2.61 bits per heavy atom. The van der Waals surface area contributed by atoms with E-state index in [1.54, 1.807) is 12.1 Å². The van der Waals surface area contributed by atoms with Gasteiger partial charge in [0, 0.05) is 18.5 Å². The second kappa shape index (κ2) is 8.09. The largest absolute Gasteiger partial charge is 0.451 e. The molecule has 2 aliphatic heterocycles. The van der Waals surface area contributed by atoms with Gasteiger partial charge in [0.15, 0.2) is 16.4 Å². The van der Waals surface area contributed by atoms with E-state index >= 15 is 0 Å². The van der Waals surface area contributed by atoms with Gasteiger partial charge in [-0.2, -0.15) is 5.10 Å². The molecular formula is C18H21N3O6S. The molecule has 150 valence electrons. The summed E-state index contributed by atoms with van der Waals surface area (Å²) in [7, 11) is -3.19. The number of amides is 2. The number of hydrogen-bond acceptors (Lipinski definition) is 7. The molecule has 0 spiro atoms. The van der Waals surface area contributed by atoms with Gasteiger partial charge in [-0.3, -0.25) is 9.59 Å². The Balaban J connectivity index is 1.57. The van der Waals surface area contributed by atoms with Crippen molar-refractivity contribution in [1.82, 2.24) is 5.01 Å². The first-order valence-electron chi connectivity index (χ1n) is 8.87. The average Bonchev–Trinajstić information content (AvgIpc) is 3.01. The molecule has 28 heavy (non-hydrogen) atoms. The molecule has 0 aromatic heterocycles. The molecule has 1 N–H and O–H groups in total. The molecule has 2 aliphatic rings. The molecule has 0 radical (unpaired) electrons. The van der Waals surface area contributed by atoms with E-state index in [4.69, 9.17) is 4.74 Å². The number of nitrogens with one attached hydrogen (secondary N) is 1. The molecule has 1 aromatic carbocycles. The second-order valence-electron chi connectivity index (χ2n) is 6.83. The Bertz CT molecular complexity index is 923. The molecule has 2 amide bonds. The smallest absolute Gasteiger partial charge is 0.355 e. The quantitative estimate of drug-likeness (QED) is 0.715. The number of rotatable bonds is 5.